The van der Waals surface area contributed by atoms with Gasteiger partial charge in [0.1, 0.15) is 25.3 Å². The fourth-order valence-corrected chi connectivity index (χ4v) is 3.53. The van der Waals surface area contributed by atoms with Crippen molar-refractivity contribution < 1.29 is 38.1 Å². The van der Waals surface area contributed by atoms with Crippen molar-refractivity contribution in [2.24, 2.45) is 32.9 Å². The summed E-state index contributed by atoms with van der Waals surface area (Å²) in [6.07, 6.45) is -0.540. The largest absolute Gasteiger partial charge is 0.461 e. The molecule has 0 aliphatic heterocycles. The van der Waals surface area contributed by atoms with E-state index in [9.17, 15) is 19.2 Å². The highest BCUT2D eigenvalue weighted by Crippen LogP contribution is 2.13. The molecule has 0 fully saturated rings. The van der Waals surface area contributed by atoms with Crippen LogP contribution in [0.2, 0.25) is 0 Å². The Bertz CT molecular complexity index is 1220. The van der Waals surface area contributed by atoms with Gasteiger partial charge in [-0.25, -0.2) is 9.98 Å². The summed E-state index contributed by atoms with van der Waals surface area (Å²) in [6.45, 7) is 3.74. The molecule has 0 radical (unpaired) electrons. The van der Waals surface area contributed by atoms with Gasteiger partial charge in [-0.05, 0) is 62.4 Å². The Morgan fingerprint density at radius 3 is 1.51 bits per heavy atom. The zero-order valence-corrected chi connectivity index (χ0v) is 25.2. The molecule has 45 heavy (non-hydrogen) atoms. The molecule has 0 aliphatic carbocycles. The molecule has 0 saturated heterocycles. The van der Waals surface area contributed by atoms with Gasteiger partial charge in [-0.2, -0.15) is 0 Å². The molecule has 0 heterocycles. The second-order valence-corrected chi connectivity index (χ2v) is 9.61. The van der Waals surface area contributed by atoms with Crippen LogP contribution in [-0.4, -0.2) is 87.4 Å². The molecule has 2 atom stereocenters. The lowest BCUT2D eigenvalue weighted by atomic mass is 10.2. The van der Waals surface area contributed by atoms with Crippen molar-refractivity contribution in [3.63, 3.8) is 0 Å². The van der Waals surface area contributed by atoms with E-state index in [0.29, 0.717) is 35.5 Å². The van der Waals surface area contributed by atoms with Crippen LogP contribution in [0.3, 0.4) is 0 Å². The first-order chi connectivity index (χ1) is 21.4. The third-order valence-corrected chi connectivity index (χ3v) is 5.62. The number of carbonyl (C=O) groups excluding carboxylic acids is 4. The number of rotatable bonds is 18. The Labute approximate surface area is 260 Å². The molecule has 0 saturated carbocycles. The van der Waals surface area contributed by atoms with Gasteiger partial charge in [0, 0.05) is 17.5 Å². The molecule has 2 rings (SSSR count). The number of amides is 2. The van der Waals surface area contributed by atoms with E-state index in [0.717, 1.165) is 0 Å². The molecular weight excluding hydrogens is 588 g/mol. The number of ether oxygens (including phenoxy) is 4. The summed E-state index contributed by atoms with van der Waals surface area (Å²) in [5.74, 6) is -2.30. The van der Waals surface area contributed by atoms with Crippen LogP contribution in [0.5, 0.6) is 0 Å². The molecular formula is C29H40N8O8. The van der Waals surface area contributed by atoms with E-state index in [1.165, 1.54) is 24.3 Å². The lowest BCUT2D eigenvalue weighted by Gasteiger charge is -2.15. The molecule has 16 heteroatoms. The van der Waals surface area contributed by atoms with Crippen molar-refractivity contribution in [3.8, 4) is 0 Å². The lowest BCUT2D eigenvalue weighted by Crippen LogP contribution is -2.33. The number of hydrogen-bond acceptors (Lipinski definition) is 10. The standard InChI is InChI=1S/C29H40N8O8/c1-18(44-24(38)15-34-26(40)20-3-7-22(8-4-20)36-28(30)31)11-12-42-13-14-43-17-19(2)45-25(39)16-35-27(41)21-5-9-23(10-6-21)37-29(32)33/h3-10,18-19H,11-17H2,1-2H3,(H,34,40)(H,35,41)(H4,30,31,36)(H4,32,33,37). The van der Waals surface area contributed by atoms with Crippen LogP contribution in [0, 0.1) is 0 Å². The second-order valence-electron chi connectivity index (χ2n) is 9.61. The van der Waals surface area contributed by atoms with Gasteiger partial charge in [0.15, 0.2) is 11.9 Å². The lowest BCUT2D eigenvalue weighted by molar-refractivity contribution is -0.150. The molecule has 2 aromatic carbocycles. The van der Waals surface area contributed by atoms with Gasteiger partial charge in [-0.15, -0.1) is 0 Å². The van der Waals surface area contributed by atoms with Gasteiger partial charge in [0.2, 0.25) is 0 Å². The van der Waals surface area contributed by atoms with E-state index < -0.39 is 36.0 Å². The summed E-state index contributed by atoms with van der Waals surface area (Å²) >= 11 is 0. The number of nitrogens with two attached hydrogens (primary N) is 4. The number of nitrogens with zero attached hydrogens (tertiary/aromatic N) is 2. The SMILES string of the molecule is CC(CCOCCOCC(C)OC(=O)CNC(=O)c1ccc(N=C(N)N)cc1)OC(=O)CNC(=O)c1ccc(N=C(N)N)cc1. The van der Waals surface area contributed by atoms with E-state index >= 15 is 0 Å². The maximum Gasteiger partial charge on any atom is 0.325 e. The van der Waals surface area contributed by atoms with Crippen molar-refractivity contribution >= 4 is 47.0 Å². The Hall–Kier alpha value is -5.22. The van der Waals surface area contributed by atoms with Crippen molar-refractivity contribution in [1.82, 2.24) is 10.6 Å². The Kier molecular flexibility index (Phi) is 15.3. The Balaban J connectivity index is 1.51. The molecule has 16 nitrogen and oxygen atoms in total. The van der Waals surface area contributed by atoms with Gasteiger partial charge < -0.3 is 52.5 Å². The summed E-state index contributed by atoms with van der Waals surface area (Å²) in [6, 6.07) is 12.4. The molecule has 0 spiro atoms. The van der Waals surface area contributed by atoms with Crippen molar-refractivity contribution in [1.29, 1.82) is 0 Å². The van der Waals surface area contributed by atoms with Crippen molar-refractivity contribution in [2.45, 2.75) is 32.5 Å². The molecule has 2 aromatic rings. The smallest absolute Gasteiger partial charge is 0.325 e. The number of nitrogens with one attached hydrogen (secondary N) is 2. The minimum Gasteiger partial charge on any atom is -0.461 e. The summed E-state index contributed by atoms with van der Waals surface area (Å²) in [4.78, 5) is 56.2. The monoisotopic (exact) mass is 628 g/mol. The Morgan fingerprint density at radius 2 is 1.07 bits per heavy atom. The van der Waals surface area contributed by atoms with Gasteiger partial charge in [0.05, 0.1) is 37.8 Å². The molecule has 2 unspecified atom stereocenters. The van der Waals surface area contributed by atoms with E-state index in [4.69, 9.17) is 41.9 Å². The van der Waals surface area contributed by atoms with Gasteiger partial charge in [-0.1, -0.05) is 0 Å². The normalized spacial score (nSPS) is 11.8. The quantitative estimate of drug-likeness (QED) is 0.0549. The third-order valence-electron chi connectivity index (χ3n) is 5.62. The summed E-state index contributed by atoms with van der Waals surface area (Å²) in [5, 5.41) is 4.98. The number of esters is 2. The first kappa shape index (κ1) is 36.0. The topological polar surface area (TPSA) is 258 Å². The maximum absolute atomic E-state index is 12.2. The zero-order valence-electron chi connectivity index (χ0n) is 25.2. The molecule has 0 aliphatic rings. The molecule has 2 amide bonds. The molecule has 0 aromatic heterocycles. The van der Waals surface area contributed by atoms with E-state index in [1.54, 1.807) is 38.1 Å². The average molecular weight is 629 g/mol. The highest BCUT2D eigenvalue weighted by molar-refractivity contribution is 5.97. The van der Waals surface area contributed by atoms with E-state index in [2.05, 4.69) is 20.6 Å². The molecule has 10 N–H and O–H groups in total. The predicted molar refractivity (Wildman–Crippen MR) is 166 cm³/mol. The van der Waals surface area contributed by atoms with Crippen LogP contribution in [0.1, 0.15) is 41.0 Å². The number of guanidine groups is 2. The fourth-order valence-electron chi connectivity index (χ4n) is 3.53. The predicted octanol–water partition coefficient (Wildman–Crippen LogP) is -0.0571. The van der Waals surface area contributed by atoms with Gasteiger partial charge in [0.25, 0.3) is 11.8 Å². The molecule has 244 valence electrons. The van der Waals surface area contributed by atoms with Crippen LogP contribution in [0.4, 0.5) is 11.4 Å². The number of aliphatic imine (C=N–C) groups is 2. The third kappa shape index (κ3) is 15.2. The highest BCUT2D eigenvalue weighted by Gasteiger charge is 2.14. The molecule has 0 bridgehead atoms. The summed E-state index contributed by atoms with van der Waals surface area (Å²) in [7, 11) is 0. The first-order valence-electron chi connectivity index (χ1n) is 13.9. The van der Waals surface area contributed by atoms with Crippen molar-refractivity contribution in [2.75, 3.05) is 39.5 Å². The second kappa shape index (κ2) is 19.1. The number of carbonyl (C=O) groups is 4. The fraction of sp³-hybridized carbons (Fsp3) is 0.379. The van der Waals surface area contributed by atoms with Crippen LogP contribution >= 0.6 is 0 Å². The highest BCUT2D eigenvalue weighted by atomic mass is 16.6. The van der Waals surface area contributed by atoms with Crippen LogP contribution in [0.15, 0.2) is 58.5 Å². The number of hydrogen-bond donors (Lipinski definition) is 6. The van der Waals surface area contributed by atoms with Crippen LogP contribution in [0.25, 0.3) is 0 Å². The van der Waals surface area contributed by atoms with Crippen LogP contribution < -0.4 is 33.6 Å². The van der Waals surface area contributed by atoms with Gasteiger partial charge in [-0.3, -0.25) is 19.2 Å². The van der Waals surface area contributed by atoms with Gasteiger partial charge >= 0.3 is 11.9 Å². The van der Waals surface area contributed by atoms with Crippen molar-refractivity contribution in [3.05, 3.63) is 59.7 Å². The summed E-state index contributed by atoms with van der Waals surface area (Å²) in [5.41, 5.74) is 22.9. The number of benzene rings is 2. The Morgan fingerprint density at radius 1 is 0.644 bits per heavy atom. The average Bonchev–Trinajstić information content (AvgIpc) is 2.98. The maximum atomic E-state index is 12.2. The van der Waals surface area contributed by atoms with E-state index in [1.807, 2.05) is 0 Å². The minimum atomic E-state index is -0.617. The van der Waals surface area contributed by atoms with E-state index in [-0.39, 0.29) is 44.8 Å². The summed E-state index contributed by atoms with van der Waals surface area (Å²) < 4.78 is 21.4. The minimum absolute atomic E-state index is 0.0961. The zero-order chi connectivity index (χ0) is 33.2. The van der Waals surface area contributed by atoms with Crippen LogP contribution in [-0.2, 0) is 28.5 Å². The first-order valence-corrected chi connectivity index (χ1v) is 13.9.